The average molecular weight is 889 g/mol. The summed E-state index contributed by atoms with van der Waals surface area (Å²) in [5, 5.41) is 0. The lowest BCUT2D eigenvalue weighted by Gasteiger charge is -2.18. The van der Waals surface area contributed by atoms with Crippen LogP contribution >= 0.6 is 0 Å². The van der Waals surface area contributed by atoms with Gasteiger partial charge in [0, 0.05) is 19.3 Å². The van der Waals surface area contributed by atoms with Gasteiger partial charge in [-0.05, 0) is 44.9 Å². The van der Waals surface area contributed by atoms with E-state index in [1.165, 1.54) is 212 Å². The van der Waals surface area contributed by atoms with Crippen LogP contribution in [0.15, 0.2) is 12.2 Å². The molecule has 0 amide bonds. The number of unbranched alkanes of at least 4 members (excludes halogenated alkanes) is 39. The molecular weight excluding hydrogens is 781 g/mol. The minimum absolute atomic E-state index is 0.0687. The molecule has 0 aliphatic rings. The van der Waals surface area contributed by atoms with Crippen LogP contribution in [-0.4, -0.2) is 37.2 Å². The Morgan fingerprint density at radius 3 is 0.810 bits per heavy atom. The zero-order valence-corrected chi connectivity index (χ0v) is 42.6. The van der Waals surface area contributed by atoms with E-state index in [0.717, 1.165) is 64.2 Å². The lowest BCUT2D eigenvalue weighted by atomic mass is 10.0. The highest BCUT2D eigenvalue weighted by atomic mass is 16.6. The minimum Gasteiger partial charge on any atom is -0.462 e. The Labute approximate surface area is 392 Å². The fraction of sp³-hybridized carbons (Fsp3) is 0.912. The zero-order valence-electron chi connectivity index (χ0n) is 42.6. The lowest BCUT2D eigenvalue weighted by molar-refractivity contribution is -0.167. The van der Waals surface area contributed by atoms with Gasteiger partial charge in [-0.2, -0.15) is 0 Å². The predicted octanol–water partition coefficient (Wildman–Crippen LogP) is 18.5. The van der Waals surface area contributed by atoms with Crippen molar-refractivity contribution in [3.63, 3.8) is 0 Å². The predicted molar refractivity (Wildman–Crippen MR) is 270 cm³/mol. The topological polar surface area (TPSA) is 78.9 Å². The van der Waals surface area contributed by atoms with Crippen LogP contribution in [0.25, 0.3) is 0 Å². The van der Waals surface area contributed by atoms with Gasteiger partial charge in [0.15, 0.2) is 6.10 Å². The van der Waals surface area contributed by atoms with Crippen molar-refractivity contribution in [1.82, 2.24) is 0 Å². The Morgan fingerprint density at radius 1 is 0.302 bits per heavy atom. The number of carbonyl (C=O) groups is 3. The number of ether oxygens (including phenoxy) is 3. The van der Waals surface area contributed by atoms with Crippen molar-refractivity contribution in [2.24, 2.45) is 0 Å². The van der Waals surface area contributed by atoms with Crippen LogP contribution in [0.4, 0.5) is 0 Å². The number of allylic oxidation sites excluding steroid dienone is 2. The highest BCUT2D eigenvalue weighted by molar-refractivity contribution is 5.71. The van der Waals surface area contributed by atoms with Crippen LogP contribution in [0.2, 0.25) is 0 Å². The first-order chi connectivity index (χ1) is 31.0. The van der Waals surface area contributed by atoms with Crippen LogP contribution in [0.1, 0.15) is 316 Å². The number of carbonyl (C=O) groups excluding carboxylic acids is 3. The first-order valence-electron chi connectivity index (χ1n) is 28.2. The van der Waals surface area contributed by atoms with E-state index in [-0.39, 0.29) is 31.1 Å². The van der Waals surface area contributed by atoms with Crippen LogP contribution < -0.4 is 0 Å². The second-order valence-electron chi connectivity index (χ2n) is 19.2. The number of hydrogen-bond donors (Lipinski definition) is 0. The van der Waals surface area contributed by atoms with Gasteiger partial charge in [-0.3, -0.25) is 14.4 Å². The SMILES string of the molecule is CCCCCCCC/C=C\CCCCCC(=O)OCC(COC(=O)CCCCCCCCCCCCCCCCCCC)OC(=O)CCCCCCCCCCCCCCCCC. The van der Waals surface area contributed by atoms with E-state index in [2.05, 4.69) is 32.9 Å². The third-order valence-electron chi connectivity index (χ3n) is 12.8. The van der Waals surface area contributed by atoms with Gasteiger partial charge in [-0.1, -0.05) is 264 Å². The Bertz CT molecular complexity index is 978. The highest BCUT2D eigenvalue weighted by Gasteiger charge is 2.19. The number of esters is 3. The van der Waals surface area contributed by atoms with Crippen LogP contribution in [0.5, 0.6) is 0 Å². The summed E-state index contributed by atoms with van der Waals surface area (Å²) in [5.41, 5.74) is 0. The van der Waals surface area contributed by atoms with Gasteiger partial charge in [0.2, 0.25) is 0 Å². The summed E-state index contributed by atoms with van der Waals surface area (Å²) < 4.78 is 16.8. The molecule has 0 rings (SSSR count). The van der Waals surface area contributed by atoms with Crippen LogP contribution in [0.3, 0.4) is 0 Å². The molecule has 1 atom stereocenters. The Hall–Kier alpha value is -1.85. The van der Waals surface area contributed by atoms with Gasteiger partial charge in [-0.25, -0.2) is 0 Å². The van der Waals surface area contributed by atoms with E-state index in [0.29, 0.717) is 19.3 Å². The average Bonchev–Trinajstić information content (AvgIpc) is 3.28. The van der Waals surface area contributed by atoms with E-state index in [1.54, 1.807) is 0 Å². The third-order valence-corrected chi connectivity index (χ3v) is 12.8. The van der Waals surface area contributed by atoms with E-state index >= 15 is 0 Å². The van der Waals surface area contributed by atoms with Gasteiger partial charge >= 0.3 is 17.9 Å². The number of rotatable bonds is 52. The fourth-order valence-corrected chi connectivity index (χ4v) is 8.50. The standard InChI is InChI=1S/C57H108O6/c1-4-7-10-13-16-19-22-25-27-28-30-32-35-38-41-44-47-50-56(59)62-53-54(52-61-55(58)49-46-43-40-37-34-31-24-21-18-15-12-9-6-3)63-57(60)51-48-45-42-39-36-33-29-26-23-20-17-14-11-8-5-2/h31,34,54H,4-30,32-33,35-53H2,1-3H3/b34-31-. The molecule has 0 aromatic rings. The minimum atomic E-state index is -0.769. The smallest absolute Gasteiger partial charge is 0.306 e. The molecule has 0 spiro atoms. The van der Waals surface area contributed by atoms with Crippen LogP contribution in [-0.2, 0) is 28.6 Å². The summed E-state index contributed by atoms with van der Waals surface area (Å²) >= 11 is 0. The molecular formula is C57H108O6. The molecule has 1 unspecified atom stereocenters. The van der Waals surface area contributed by atoms with Gasteiger partial charge in [0.25, 0.3) is 0 Å². The molecule has 0 radical (unpaired) electrons. The van der Waals surface area contributed by atoms with E-state index in [1.807, 2.05) is 0 Å². The van der Waals surface area contributed by atoms with Crippen molar-refractivity contribution >= 4 is 17.9 Å². The Balaban J connectivity index is 4.31. The van der Waals surface area contributed by atoms with Gasteiger partial charge < -0.3 is 14.2 Å². The van der Waals surface area contributed by atoms with E-state index < -0.39 is 6.10 Å². The monoisotopic (exact) mass is 889 g/mol. The molecule has 372 valence electrons. The summed E-state index contributed by atoms with van der Waals surface area (Å²) in [6.45, 7) is 6.67. The van der Waals surface area contributed by atoms with E-state index in [9.17, 15) is 14.4 Å². The van der Waals surface area contributed by atoms with Crippen molar-refractivity contribution < 1.29 is 28.6 Å². The van der Waals surface area contributed by atoms with Crippen molar-refractivity contribution in [2.75, 3.05) is 13.2 Å². The van der Waals surface area contributed by atoms with Crippen molar-refractivity contribution in [1.29, 1.82) is 0 Å². The first kappa shape index (κ1) is 61.1. The molecule has 0 bridgehead atoms. The first-order valence-corrected chi connectivity index (χ1v) is 28.2. The summed E-state index contributed by atoms with van der Waals surface area (Å²) in [5.74, 6) is -0.863. The largest absolute Gasteiger partial charge is 0.462 e. The lowest BCUT2D eigenvalue weighted by Crippen LogP contribution is -2.30. The molecule has 0 heterocycles. The second-order valence-corrected chi connectivity index (χ2v) is 19.2. The molecule has 0 saturated carbocycles. The summed E-state index contributed by atoms with van der Waals surface area (Å²) in [6, 6.07) is 0. The summed E-state index contributed by atoms with van der Waals surface area (Å²) in [7, 11) is 0. The van der Waals surface area contributed by atoms with Crippen LogP contribution in [0, 0.1) is 0 Å². The molecule has 63 heavy (non-hydrogen) atoms. The molecule has 0 saturated heterocycles. The zero-order chi connectivity index (χ0) is 45.8. The highest BCUT2D eigenvalue weighted by Crippen LogP contribution is 2.17. The molecule has 0 aromatic carbocycles. The Morgan fingerprint density at radius 2 is 0.524 bits per heavy atom. The number of hydrogen-bond acceptors (Lipinski definition) is 6. The van der Waals surface area contributed by atoms with Crippen molar-refractivity contribution in [3.05, 3.63) is 12.2 Å². The molecule has 6 nitrogen and oxygen atoms in total. The van der Waals surface area contributed by atoms with Crippen molar-refractivity contribution in [3.8, 4) is 0 Å². The summed E-state index contributed by atoms with van der Waals surface area (Å²) in [4.78, 5) is 38.1. The normalized spacial score (nSPS) is 12.0. The molecule has 0 aromatic heterocycles. The summed E-state index contributed by atoms with van der Waals surface area (Å²) in [6.07, 6.45) is 59.1. The van der Waals surface area contributed by atoms with Gasteiger partial charge in [0.05, 0.1) is 0 Å². The van der Waals surface area contributed by atoms with Gasteiger partial charge in [0.1, 0.15) is 13.2 Å². The maximum atomic E-state index is 12.8. The fourth-order valence-electron chi connectivity index (χ4n) is 8.50. The Kier molecular flexibility index (Phi) is 51.2. The molecule has 0 N–H and O–H groups in total. The molecule has 0 aliphatic heterocycles. The molecule has 0 aliphatic carbocycles. The van der Waals surface area contributed by atoms with Gasteiger partial charge in [-0.15, -0.1) is 0 Å². The molecule has 6 heteroatoms. The van der Waals surface area contributed by atoms with Crippen molar-refractivity contribution in [2.45, 2.75) is 322 Å². The maximum absolute atomic E-state index is 12.8. The second kappa shape index (κ2) is 52.8. The van der Waals surface area contributed by atoms with E-state index in [4.69, 9.17) is 14.2 Å². The third kappa shape index (κ3) is 51.0. The quantitative estimate of drug-likeness (QED) is 0.0262. The molecule has 0 fully saturated rings. The maximum Gasteiger partial charge on any atom is 0.306 e.